The molecule has 0 aliphatic rings. The van der Waals surface area contributed by atoms with Crippen LogP contribution in [0.25, 0.3) is 22.4 Å². The van der Waals surface area contributed by atoms with Gasteiger partial charge >= 0.3 is 0 Å². The highest BCUT2D eigenvalue weighted by molar-refractivity contribution is 6.30. The van der Waals surface area contributed by atoms with Crippen LogP contribution in [0.5, 0.6) is 0 Å². The number of aromatic amines is 2. The fourth-order valence-electron chi connectivity index (χ4n) is 3.84. The minimum atomic E-state index is -0.804. The molecule has 8 heteroatoms. The molecule has 2 unspecified atom stereocenters. The number of aromatic nitrogens is 3. The molecule has 32 heavy (non-hydrogen) atoms. The third kappa shape index (κ3) is 4.70. The van der Waals surface area contributed by atoms with Crippen LogP contribution in [-0.4, -0.2) is 37.8 Å². The first-order chi connectivity index (χ1) is 15.3. The number of pyridine rings is 1. The summed E-state index contributed by atoms with van der Waals surface area (Å²) in [5.74, 6) is 0.430. The average Bonchev–Trinajstić information content (AvgIpc) is 3.15. The van der Waals surface area contributed by atoms with Gasteiger partial charge in [-0.3, -0.25) is 4.79 Å². The molecule has 0 bridgehead atoms. The maximum atomic E-state index is 12.7. The number of benzene rings is 2. The smallest absolute Gasteiger partial charge is 0.261 e. The molecule has 5 N–H and O–H groups in total. The van der Waals surface area contributed by atoms with Gasteiger partial charge in [0.25, 0.3) is 5.56 Å². The molecule has 4 aromatic rings. The number of rotatable bonds is 7. The molecule has 2 heterocycles. The number of aliphatic hydroxyl groups is 2. The highest BCUT2D eigenvalue weighted by Crippen LogP contribution is 2.27. The second-order valence-corrected chi connectivity index (χ2v) is 8.43. The summed E-state index contributed by atoms with van der Waals surface area (Å²) >= 11 is 6.02. The molecule has 0 amide bonds. The third-order valence-corrected chi connectivity index (χ3v) is 5.52. The molecule has 0 fully saturated rings. The lowest BCUT2D eigenvalue weighted by Crippen LogP contribution is -2.17. The van der Waals surface area contributed by atoms with E-state index in [1.54, 1.807) is 43.5 Å². The van der Waals surface area contributed by atoms with Crippen molar-refractivity contribution in [2.24, 2.45) is 0 Å². The van der Waals surface area contributed by atoms with E-state index in [4.69, 9.17) is 11.6 Å². The van der Waals surface area contributed by atoms with E-state index in [0.717, 1.165) is 22.2 Å². The Morgan fingerprint density at radius 3 is 2.75 bits per heavy atom. The molecule has 4 rings (SSSR count). The number of nitrogens with one attached hydrogen (secondary N) is 3. The molecule has 0 saturated heterocycles. The molecule has 2 atom stereocenters. The summed E-state index contributed by atoms with van der Waals surface area (Å²) in [4.78, 5) is 23.3. The Hall–Kier alpha value is -3.13. The fraction of sp³-hybridized carbons (Fsp3) is 0.250. The van der Waals surface area contributed by atoms with E-state index in [9.17, 15) is 15.0 Å². The van der Waals surface area contributed by atoms with Crippen LogP contribution in [0.15, 0.2) is 53.5 Å². The molecule has 2 aromatic carbocycles. The monoisotopic (exact) mass is 452 g/mol. The topological polar surface area (TPSA) is 114 Å². The highest BCUT2D eigenvalue weighted by Gasteiger charge is 2.17. The SMILES string of the molecule is Cc1cc(CC(C)O)cc2[nH]c(-c3c(NCC(O)c4cccc(Cl)c4)cc[nH]c3=O)nc12. The fourth-order valence-corrected chi connectivity index (χ4v) is 4.04. The summed E-state index contributed by atoms with van der Waals surface area (Å²) in [6.45, 7) is 3.89. The number of halogens is 1. The molecule has 0 aliphatic carbocycles. The number of imidazole rings is 1. The van der Waals surface area contributed by atoms with Gasteiger partial charge in [0.05, 0.1) is 28.9 Å². The maximum absolute atomic E-state index is 12.7. The molecule has 166 valence electrons. The second kappa shape index (κ2) is 9.16. The summed E-state index contributed by atoms with van der Waals surface area (Å²) < 4.78 is 0. The normalized spacial score (nSPS) is 13.3. The van der Waals surface area contributed by atoms with Crippen LogP contribution in [-0.2, 0) is 6.42 Å². The summed E-state index contributed by atoms with van der Waals surface area (Å²) in [7, 11) is 0. The summed E-state index contributed by atoms with van der Waals surface area (Å²) in [5, 5.41) is 24.0. The first-order valence-corrected chi connectivity index (χ1v) is 10.8. The van der Waals surface area contributed by atoms with Crippen LogP contribution in [0.1, 0.15) is 29.7 Å². The number of fused-ring (bicyclic) bond motifs is 1. The van der Waals surface area contributed by atoms with Gasteiger partial charge in [-0.1, -0.05) is 29.8 Å². The van der Waals surface area contributed by atoms with Crippen molar-refractivity contribution in [3.63, 3.8) is 0 Å². The quantitative estimate of drug-likeness (QED) is 0.291. The Morgan fingerprint density at radius 2 is 2.00 bits per heavy atom. The first kappa shape index (κ1) is 22.1. The number of hydrogen-bond donors (Lipinski definition) is 5. The lowest BCUT2D eigenvalue weighted by Gasteiger charge is -2.15. The Kier molecular flexibility index (Phi) is 6.32. The van der Waals surface area contributed by atoms with Crippen molar-refractivity contribution < 1.29 is 10.2 Å². The van der Waals surface area contributed by atoms with E-state index in [-0.39, 0.29) is 12.1 Å². The van der Waals surface area contributed by atoms with Gasteiger partial charge in [0.2, 0.25) is 0 Å². The van der Waals surface area contributed by atoms with Crippen LogP contribution in [0.4, 0.5) is 5.69 Å². The number of hydrogen-bond acceptors (Lipinski definition) is 5. The molecular weight excluding hydrogens is 428 g/mol. The van der Waals surface area contributed by atoms with Crippen LogP contribution in [0, 0.1) is 6.92 Å². The van der Waals surface area contributed by atoms with Gasteiger partial charge in [-0.25, -0.2) is 4.98 Å². The van der Waals surface area contributed by atoms with Crippen molar-refractivity contribution in [2.45, 2.75) is 32.5 Å². The van der Waals surface area contributed by atoms with Gasteiger partial charge in [0.15, 0.2) is 0 Å². The molecule has 0 aliphatic heterocycles. The van der Waals surface area contributed by atoms with E-state index < -0.39 is 12.2 Å². The van der Waals surface area contributed by atoms with Crippen molar-refractivity contribution in [3.05, 3.63) is 80.7 Å². The van der Waals surface area contributed by atoms with Crippen molar-refractivity contribution in [2.75, 3.05) is 11.9 Å². The largest absolute Gasteiger partial charge is 0.393 e. The summed E-state index contributed by atoms with van der Waals surface area (Å²) in [6.07, 6.45) is 0.828. The molecule has 7 nitrogen and oxygen atoms in total. The number of anilines is 1. The zero-order chi connectivity index (χ0) is 22.8. The van der Waals surface area contributed by atoms with Gasteiger partial charge in [-0.15, -0.1) is 0 Å². The van der Waals surface area contributed by atoms with Crippen LogP contribution >= 0.6 is 11.6 Å². The van der Waals surface area contributed by atoms with E-state index in [2.05, 4.69) is 20.3 Å². The Labute approximate surface area is 190 Å². The third-order valence-electron chi connectivity index (χ3n) is 5.29. The van der Waals surface area contributed by atoms with Crippen molar-refractivity contribution in [1.29, 1.82) is 0 Å². The van der Waals surface area contributed by atoms with Crippen LogP contribution in [0.3, 0.4) is 0 Å². The zero-order valence-electron chi connectivity index (χ0n) is 17.8. The zero-order valence-corrected chi connectivity index (χ0v) is 18.6. The number of aliphatic hydroxyl groups excluding tert-OH is 2. The lowest BCUT2D eigenvalue weighted by atomic mass is 10.0. The van der Waals surface area contributed by atoms with Crippen LogP contribution in [0.2, 0.25) is 5.02 Å². The van der Waals surface area contributed by atoms with Crippen molar-refractivity contribution in [1.82, 2.24) is 15.0 Å². The number of nitrogens with zero attached hydrogens (tertiary/aromatic N) is 1. The molecule has 0 spiro atoms. The van der Waals surface area contributed by atoms with E-state index >= 15 is 0 Å². The highest BCUT2D eigenvalue weighted by atomic mass is 35.5. The Bertz CT molecular complexity index is 1310. The van der Waals surface area contributed by atoms with Gasteiger partial charge in [0, 0.05) is 17.8 Å². The molecular formula is C24H25ClN4O3. The minimum absolute atomic E-state index is 0.189. The van der Waals surface area contributed by atoms with Gasteiger partial charge in [-0.05, 0) is 61.2 Å². The maximum Gasteiger partial charge on any atom is 0.261 e. The lowest BCUT2D eigenvalue weighted by molar-refractivity contribution is 0.191. The van der Waals surface area contributed by atoms with E-state index in [1.807, 2.05) is 19.1 Å². The predicted octanol–water partition coefficient (Wildman–Crippen LogP) is 3.95. The minimum Gasteiger partial charge on any atom is -0.393 e. The molecule has 0 saturated carbocycles. The van der Waals surface area contributed by atoms with E-state index in [1.165, 1.54) is 0 Å². The standard InChI is InChI=1S/C24H25ClN4O3/c1-13-8-15(9-14(2)30)10-19-22(13)29-23(28-19)21-18(6-7-26-24(21)32)27-12-20(31)16-4-3-5-17(25)11-16/h3-8,10-11,14,20,30-31H,9,12H2,1-2H3,(H,28,29)(H2,26,27,32). The second-order valence-electron chi connectivity index (χ2n) is 7.99. The first-order valence-electron chi connectivity index (χ1n) is 10.4. The predicted molar refractivity (Wildman–Crippen MR) is 127 cm³/mol. The Balaban J connectivity index is 1.66. The van der Waals surface area contributed by atoms with Crippen molar-refractivity contribution >= 4 is 28.3 Å². The summed E-state index contributed by atoms with van der Waals surface area (Å²) in [5.41, 5.74) is 4.80. The molecule has 2 aromatic heterocycles. The average molecular weight is 453 g/mol. The summed E-state index contributed by atoms with van der Waals surface area (Å²) in [6, 6.07) is 12.7. The van der Waals surface area contributed by atoms with Crippen LogP contribution < -0.4 is 10.9 Å². The number of H-pyrrole nitrogens is 2. The van der Waals surface area contributed by atoms with Gasteiger partial charge in [0.1, 0.15) is 11.4 Å². The van der Waals surface area contributed by atoms with E-state index in [0.29, 0.717) is 34.1 Å². The number of aryl methyl sites for hydroxylation is 1. The van der Waals surface area contributed by atoms with Crippen molar-refractivity contribution in [3.8, 4) is 11.4 Å². The van der Waals surface area contributed by atoms with Gasteiger partial charge < -0.3 is 25.5 Å². The Morgan fingerprint density at radius 1 is 1.19 bits per heavy atom. The molecule has 0 radical (unpaired) electrons. The van der Waals surface area contributed by atoms with Gasteiger partial charge in [-0.2, -0.15) is 0 Å².